The van der Waals surface area contributed by atoms with E-state index in [2.05, 4.69) is 20.1 Å². The standard InChI is InChI=1S/C17H12N6O3/c24-23(25)14-7-11(14)17-20-16(21-26-17)10-5-6-15(18-8-10)22-9-19-12-3-1-2-4-13(12)22/h1-6,8-9,11,14H,7H2/t11-,14+/m1/s1. The van der Waals surface area contributed by atoms with Crippen LogP contribution in [0.5, 0.6) is 0 Å². The molecule has 0 saturated heterocycles. The van der Waals surface area contributed by atoms with Gasteiger partial charge in [0, 0.05) is 23.1 Å². The number of fused-ring (bicyclic) bond motifs is 1. The Morgan fingerprint density at radius 1 is 1.19 bits per heavy atom. The Morgan fingerprint density at radius 3 is 2.85 bits per heavy atom. The molecule has 0 bridgehead atoms. The molecule has 9 heteroatoms. The minimum atomic E-state index is -0.613. The first-order valence-corrected chi connectivity index (χ1v) is 8.07. The van der Waals surface area contributed by atoms with Gasteiger partial charge in [-0.15, -0.1) is 0 Å². The fraction of sp³-hybridized carbons (Fsp3) is 0.176. The average molecular weight is 348 g/mol. The van der Waals surface area contributed by atoms with Crippen LogP contribution in [0.3, 0.4) is 0 Å². The quantitative estimate of drug-likeness (QED) is 0.411. The highest BCUT2D eigenvalue weighted by atomic mass is 16.6. The molecule has 3 heterocycles. The van der Waals surface area contributed by atoms with Crippen LogP contribution in [0.15, 0.2) is 53.4 Å². The minimum absolute atomic E-state index is 0.282. The number of pyridine rings is 1. The van der Waals surface area contributed by atoms with Crippen LogP contribution in [0.2, 0.25) is 0 Å². The van der Waals surface area contributed by atoms with Gasteiger partial charge in [-0.1, -0.05) is 17.3 Å². The van der Waals surface area contributed by atoms with Gasteiger partial charge in [0.15, 0.2) is 0 Å². The molecule has 1 aliphatic rings. The summed E-state index contributed by atoms with van der Waals surface area (Å²) in [6.45, 7) is 0. The van der Waals surface area contributed by atoms with Crippen LogP contribution in [0.1, 0.15) is 18.2 Å². The summed E-state index contributed by atoms with van der Waals surface area (Å²) in [5, 5.41) is 14.7. The van der Waals surface area contributed by atoms with Crippen molar-refractivity contribution >= 4 is 11.0 Å². The predicted octanol–water partition coefficient (Wildman–Crippen LogP) is 2.60. The van der Waals surface area contributed by atoms with Crippen LogP contribution in [0, 0.1) is 10.1 Å². The van der Waals surface area contributed by atoms with Crippen molar-refractivity contribution in [3.63, 3.8) is 0 Å². The summed E-state index contributed by atoms with van der Waals surface area (Å²) in [6, 6.07) is 10.9. The summed E-state index contributed by atoms with van der Waals surface area (Å²) in [6.07, 6.45) is 3.82. The summed E-state index contributed by atoms with van der Waals surface area (Å²) in [5.74, 6) is 1.13. The lowest BCUT2D eigenvalue weighted by Crippen LogP contribution is -2.02. The third kappa shape index (κ3) is 2.32. The van der Waals surface area contributed by atoms with E-state index in [-0.39, 0.29) is 10.8 Å². The number of para-hydroxylation sites is 2. The molecule has 0 unspecified atom stereocenters. The van der Waals surface area contributed by atoms with Gasteiger partial charge >= 0.3 is 0 Å². The van der Waals surface area contributed by atoms with Crippen LogP contribution in [0.25, 0.3) is 28.2 Å². The second-order valence-electron chi connectivity index (χ2n) is 6.16. The summed E-state index contributed by atoms with van der Waals surface area (Å²) < 4.78 is 7.07. The van der Waals surface area contributed by atoms with Gasteiger partial charge in [-0.25, -0.2) is 9.97 Å². The highest BCUT2D eigenvalue weighted by Gasteiger charge is 2.53. The van der Waals surface area contributed by atoms with Crippen LogP contribution in [-0.4, -0.2) is 35.6 Å². The molecule has 1 aliphatic carbocycles. The third-order valence-corrected chi connectivity index (χ3v) is 4.49. The zero-order chi connectivity index (χ0) is 17.7. The molecule has 26 heavy (non-hydrogen) atoms. The van der Waals surface area contributed by atoms with Crippen molar-refractivity contribution in [3.05, 3.63) is 64.9 Å². The molecule has 0 aliphatic heterocycles. The number of imidazole rings is 1. The molecule has 0 spiro atoms. The second-order valence-corrected chi connectivity index (χ2v) is 6.16. The highest BCUT2D eigenvalue weighted by Crippen LogP contribution is 2.42. The smallest absolute Gasteiger partial charge is 0.237 e. The van der Waals surface area contributed by atoms with Gasteiger partial charge in [0.2, 0.25) is 17.8 Å². The first-order valence-electron chi connectivity index (χ1n) is 8.07. The first-order chi connectivity index (χ1) is 12.7. The molecule has 2 atom stereocenters. The number of hydrogen-bond donors (Lipinski definition) is 0. The van der Waals surface area contributed by atoms with E-state index in [0.29, 0.717) is 23.7 Å². The lowest BCUT2D eigenvalue weighted by molar-refractivity contribution is -0.496. The van der Waals surface area contributed by atoms with Gasteiger partial charge < -0.3 is 4.52 Å². The lowest BCUT2D eigenvalue weighted by atomic mass is 10.2. The molecule has 1 fully saturated rings. The monoisotopic (exact) mass is 348 g/mol. The van der Waals surface area contributed by atoms with Crippen LogP contribution in [-0.2, 0) is 0 Å². The van der Waals surface area contributed by atoms with Crippen LogP contribution < -0.4 is 0 Å². The van der Waals surface area contributed by atoms with Crippen molar-refractivity contribution in [3.8, 4) is 17.2 Å². The maximum absolute atomic E-state index is 10.8. The number of benzene rings is 1. The maximum atomic E-state index is 10.8. The number of rotatable bonds is 4. The summed E-state index contributed by atoms with van der Waals surface area (Å²) >= 11 is 0. The summed E-state index contributed by atoms with van der Waals surface area (Å²) in [4.78, 5) is 23.5. The average Bonchev–Trinajstić information content (AvgIpc) is 3.13. The fourth-order valence-corrected chi connectivity index (χ4v) is 2.99. The Kier molecular flexibility index (Phi) is 3.08. The molecular formula is C17H12N6O3. The summed E-state index contributed by atoms with van der Waals surface area (Å²) in [5.41, 5.74) is 2.55. The molecule has 0 N–H and O–H groups in total. The van der Waals surface area contributed by atoms with E-state index in [0.717, 1.165) is 16.9 Å². The first kappa shape index (κ1) is 14.7. The van der Waals surface area contributed by atoms with Gasteiger partial charge in [-0.2, -0.15) is 4.98 Å². The lowest BCUT2D eigenvalue weighted by Gasteiger charge is -2.03. The van der Waals surface area contributed by atoms with Crippen LogP contribution in [0.4, 0.5) is 0 Å². The van der Waals surface area contributed by atoms with Crippen molar-refractivity contribution < 1.29 is 9.45 Å². The van der Waals surface area contributed by atoms with Gasteiger partial charge in [-0.05, 0) is 24.3 Å². The van der Waals surface area contributed by atoms with E-state index in [4.69, 9.17) is 4.52 Å². The largest absolute Gasteiger partial charge is 0.338 e. The minimum Gasteiger partial charge on any atom is -0.338 e. The molecule has 0 radical (unpaired) electrons. The molecular weight excluding hydrogens is 336 g/mol. The van der Waals surface area contributed by atoms with Gasteiger partial charge in [0.05, 0.1) is 11.0 Å². The van der Waals surface area contributed by atoms with Crippen molar-refractivity contribution in [1.29, 1.82) is 0 Å². The molecule has 1 aromatic carbocycles. The Labute approximate surface area is 146 Å². The van der Waals surface area contributed by atoms with Crippen molar-refractivity contribution in [2.45, 2.75) is 18.4 Å². The Balaban J connectivity index is 1.42. The Bertz CT molecular complexity index is 1120. The molecule has 5 rings (SSSR count). The molecule has 128 valence electrons. The molecule has 4 aromatic rings. The molecule has 9 nitrogen and oxygen atoms in total. The van der Waals surface area contributed by atoms with E-state index >= 15 is 0 Å². The predicted molar refractivity (Wildman–Crippen MR) is 90.3 cm³/mol. The second kappa shape index (κ2) is 5.45. The highest BCUT2D eigenvalue weighted by molar-refractivity contribution is 5.76. The van der Waals surface area contributed by atoms with Crippen molar-refractivity contribution in [1.82, 2.24) is 24.7 Å². The Morgan fingerprint density at radius 2 is 2.08 bits per heavy atom. The van der Waals surface area contributed by atoms with E-state index in [1.165, 1.54) is 0 Å². The van der Waals surface area contributed by atoms with E-state index in [1.54, 1.807) is 12.5 Å². The van der Waals surface area contributed by atoms with E-state index in [1.807, 2.05) is 41.0 Å². The van der Waals surface area contributed by atoms with Crippen molar-refractivity contribution in [2.75, 3.05) is 0 Å². The Hall–Kier alpha value is -3.62. The van der Waals surface area contributed by atoms with Crippen LogP contribution >= 0.6 is 0 Å². The van der Waals surface area contributed by atoms with Crippen molar-refractivity contribution in [2.24, 2.45) is 0 Å². The SMILES string of the molecule is O=[N+]([O-])[C@H]1C[C@H]1c1nc(-c2ccc(-n3cnc4ccccc43)nc2)no1. The maximum Gasteiger partial charge on any atom is 0.237 e. The molecule has 3 aromatic heterocycles. The third-order valence-electron chi connectivity index (χ3n) is 4.49. The number of nitro groups is 1. The molecule has 0 amide bonds. The zero-order valence-corrected chi connectivity index (χ0v) is 13.4. The number of hydrogen-bond acceptors (Lipinski definition) is 7. The topological polar surface area (TPSA) is 113 Å². The van der Waals surface area contributed by atoms with Gasteiger partial charge in [-0.3, -0.25) is 14.7 Å². The van der Waals surface area contributed by atoms with Gasteiger partial charge in [0.25, 0.3) is 0 Å². The fourth-order valence-electron chi connectivity index (χ4n) is 2.99. The normalized spacial score (nSPS) is 18.9. The zero-order valence-electron chi connectivity index (χ0n) is 13.4. The van der Waals surface area contributed by atoms with Gasteiger partial charge in [0.1, 0.15) is 18.1 Å². The summed E-state index contributed by atoms with van der Waals surface area (Å²) in [7, 11) is 0. The number of aromatic nitrogens is 5. The van der Waals surface area contributed by atoms with E-state index < -0.39 is 6.04 Å². The molecule has 1 saturated carbocycles. The number of nitrogens with zero attached hydrogens (tertiary/aromatic N) is 6. The van der Waals surface area contributed by atoms with E-state index in [9.17, 15) is 10.1 Å².